The molecule has 0 spiro atoms. The van der Waals surface area contributed by atoms with E-state index in [-0.39, 0.29) is 30.5 Å². The van der Waals surface area contributed by atoms with Crippen molar-refractivity contribution in [2.24, 2.45) is 5.73 Å². The van der Waals surface area contributed by atoms with Gasteiger partial charge in [-0.25, -0.2) is 8.78 Å². The van der Waals surface area contributed by atoms with E-state index in [1.165, 1.54) is 4.90 Å². The van der Waals surface area contributed by atoms with E-state index in [0.29, 0.717) is 6.54 Å². The van der Waals surface area contributed by atoms with Crippen molar-refractivity contribution in [1.29, 1.82) is 0 Å². The van der Waals surface area contributed by atoms with Gasteiger partial charge in [-0.05, 0) is 6.42 Å². The highest BCUT2D eigenvalue weighted by Gasteiger charge is 2.13. The minimum atomic E-state index is -2.51. The van der Waals surface area contributed by atoms with Crippen LogP contribution < -0.4 is 5.73 Å². The molecule has 0 aromatic carbocycles. The van der Waals surface area contributed by atoms with Crippen molar-refractivity contribution in [2.45, 2.75) is 26.2 Å². The van der Waals surface area contributed by atoms with Gasteiger partial charge < -0.3 is 15.4 Å². The van der Waals surface area contributed by atoms with Crippen molar-refractivity contribution in [2.75, 3.05) is 26.3 Å². The molecule has 17 heavy (non-hydrogen) atoms. The van der Waals surface area contributed by atoms with Gasteiger partial charge in [0.2, 0.25) is 5.91 Å². The molecule has 1 amide bonds. The van der Waals surface area contributed by atoms with E-state index < -0.39 is 13.0 Å². The Morgan fingerprint density at radius 1 is 1.53 bits per heavy atom. The molecule has 0 saturated carbocycles. The summed E-state index contributed by atoms with van der Waals surface area (Å²) in [5.41, 5.74) is 5.36. The first-order chi connectivity index (χ1) is 7.97. The van der Waals surface area contributed by atoms with Crippen molar-refractivity contribution in [3.63, 3.8) is 0 Å². The second-order valence-electron chi connectivity index (χ2n) is 3.50. The normalized spacial score (nSPS) is 10.6. The first-order valence-electron chi connectivity index (χ1n) is 5.39. The maximum Gasteiger partial charge on any atom is 0.261 e. The summed E-state index contributed by atoms with van der Waals surface area (Å²) >= 11 is 4.73. The quantitative estimate of drug-likeness (QED) is 0.504. The van der Waals surface area contributed by atoms with Crippen LogP contribution in [0, 0.1) is 0 Å². The summed E-state index contributed by atoms with van der Waals surface area (Å²) < 4.78 is 28.2. The Bertz CT molecular complexity index is 252. The highest BCUT2D eigenvalue weighted by atomic mass is 32.1. The van der Waals surface area contributed by atoms with E-state index in [1.54, 1.807) is 0 Å². The number of nitrogens with two attached hydrogens (primary N) is 1. The topological polar surface area (TPSA) is 55.6 Å². The summed E-state index contributed by atoms with van der Waals surface area (Å²) in [5, 5.41) is 0. The van der Waals surface area contributed by atoms with Gasteiger partial charge in [0.05, 0.1) is 24.6 Å². The lowest BCUT2D eigenvalue weighted by molar-refractivity contribution is -0.132. The van der Waals surface area contributed by atoms with Crippen LogP contribution in [0.4, 0.5) is 8.78 Å². The predicted molar refractivity (Wildman–Crippen MR) is 65.1 cm³/mol. The van der Waals surface area contributed by atoms with Crippen LogP contribution in [0.15, 0.2) is 0 Å². The molecule has 0 unspecified atom stereocenters. The molecule has 0 radical (unpaired) electrons. The molecule has 100 valence electrons. The van der Waals surface area contributed by atoms with Crippen LogP contribution in [-0.4, -0.2) is 48.5 Å². The summed E-state index contributed by atoms with van der Waals surface area (Å²) in [6.45, 7) is 2.03. The molecule has 0 aliphatic carbocycles. The van der Waals surface area contributed by atoms with Crippen LogP contribution in [0.1, 0.15) is 19.8 Å². The lowest BCUT2D eigenvalue weighted by atomic mass is 10.3. The third kappa shape index (κ3) is 8.93. The molecule has 4 nitrogen and oxygen atoms in total. The van der Waals surface area contributed by atoms with Gasteiger partial charge in [-0.1, -0.05) is 19.1 Å². The molecule has 0 aromatic heterocycles. The standard InChI is InChI=1S/C10H18F2N2O2S/c1-2-4-14(6-9(13)17)10(15)3-5-16-7-8(11)12/h8H,2-7H2,1H3,(H2,13,17). The number of amides is 1. The SMILES string of the molecule is CCCN(CC(N)=S)C(=O)CCOCC(F)F. The lowest BCUT2D eigenvalue weighted by Crippen LogP contribution is -2.38. The number of carbonyl (C=O) groups excluding carboxylic acids is 1. The molecular formula is C10H18F2N2O2S. The molecular weight excluding hydrogens is 250 g/mol. The Kier molecular flexibility index (Phi) is 8.79. The van der Waals surface area contributed by atoms with Gasteiger partial charge in [0, 0.05) is 6.54 Å². The monoisotopic (exact) mass is 268 g/mol. The lowest BCUT2D eigenvalue weighted by Gasteiger charge is -2.21. The first kappa shape index (κ1) is 16.2. The van der Waals surface area contributed by atoms with Crippen molar-refractivity contribution in [3.8, 4) is 0 Å². The molecule has 0 atom stereocenters. The van der Waals surface area contributed by atoms with Gasteiger partial charge >= 0.3 is 0 Å². The van der Waals surface area contributed by atoms with Crippen molar-refractivity contribution < 1.29 is 18.3 Å². The molecule has 0 aliphatic heterocycles. The highest BCUT2D eigenvalue weighted by Crippen LogP contribution is 1.99. The fraction of sp³-hybridized carbons (Fsp3) is 0.800. The second-order valence-corrected chi connectivity index (χ2v) is 4.02. The van der Waals surface area contributed by atoms with E-state index in [0.717, 1.165) is 6.42 Å². The van der Waals surface area contributed by atoms with Crippen LogP contribution in [0.25, 0.3) is 0 Å². The van der Waals surface area contributed by atoms with Gasteiger partial charge in [0.25, 0.3) is 6.43 Å². The smallest absolute Gasteiger partial charge is 0.261 e. The second kappa shape index (κ2) is 9.23. The average Bonchev–Trinajstić information content (AvgIpc) is 2.22. The van der Waals surface area contributed by atoms with Gasteiger partial charge in [-0.3, -0.25) is 4.79 Å². The van der Waals surface area contributed by atoms with Gasteiger partial charge in [0.1, 0.15) is 6.61 Å². The predicted octanol–water partition coefficient (Wildman–Crippen LogP) is 1.18. The van der Waals surface area contributed by atoms with Crippen LogP contribution in [0.2, 0.25) is 0 Å². The van der Waals surface area contributed by atoms with E-state index in [2.05, 4.69) is 4.74 Å². The third-order valence-electron chi connectivity index (χ3n) is 1.90. The molecule has 2 N–H and O–H groups in total. The number of carbonyl (C=O) groups is 1. The molecule has 0 fully saturated rings. The minimum absolute atomic E-state index is 0.0132. The number of rotatable bonds is 9. The van der Waals surface area contributed by atoms with E-state index in [1.807, 2.05) is 6.92 Å². The van der Waals surface area contributed by atoms with Crippen molar-refractivity contribution >= 4 is 23.1 Å². The molecule has 0 aromatic rings. The molecule has 0 rings (SSSR count). The Morgan fingerprint density at radius 2 is 2.18 bits per heavy atom. The van der Waals surface area contributed by atoms with Crippen LogP contribution in [-0.2, 0) is 9.53 Å². The Labute approximate surface area is 105 Å². The number of hydrogen-bond acceptors (Lipinski definition) is 3. The molecule has 0 heterocycles. The molecule has 0 saturated heterocycles. The zero-order chi connectivity index (χ0) is 13.3. The minimum Gasteiger partial charge on any atom is -0.392 e. The fourth-order valence-corrected chi connectivity index (χ4v) is 1.40. The Hall–Kier alpha value is -0.820. The van der Waals surface area contributed by atoms with Gasteiger partial charge in [-0.15, -0.1) is 0 Å². The van der Waals surface area contributed by atoms with E-state index in [9.17, 15) is 13.6 Å². The summed E-state index contributed by atoms with van der Waals surface area (Å²) in [6, 6.07) is 0. The Morgan fingerprint density at radius 3 is 2.65 bits per heavy atom. The Balaban J connectivity index is 3.92. The number of ether oxygens (including phenoxy) is 1. The fourth-order valence-electron chi connectivity index (χ4n) is 1.24. The highest BCUT2D eigenvalue weighted by molar-refractivity contribution is 7.80. The van der Waals surface area contributed by atoms with E-state index in [4.69, 9.17) is 18.0 Å². The van der Waals surface area contributed by atoms with Gasteiger partial charge in [-0.2, -0.15) is 0 Å². The number of halogens is 2. The maximum absolute atomic E-state index is 11.8. The van der Waals surface area contributed by atoms with Crippen LogP contribution in [0.3, 0.4) is 0 Å². The van der Waals surface area contributed by atoms with Crippen molar-refractivity contribution in [3.05, 3.63) is 0 Å². The molecule has 0 bridgehead atoms. The third-order valence-corrected chi connectivity index (χ3v) is 2.03. The molecule has 7 heteroatoms. The van der Waals surface area contributed by atoms with E-state index >= 15 is 0 Å². The number of thiocarbonyl (C=S) groups is 1. The van der Waals surface area contributed by atoms with Crippen LogP contribution >= 0.6 is 12.2 Å². The number of alkyl halides is 2. The number of nitrogens with zero attached hydrogens (tertiary/aromatic N) is 1. The first-order valence-corrected chi connectivity index (χ1v) is 5.80. The zero-order valence-corrected chi connectivity index (χ0v) is 10.6. The summed E-state index contributed by atoms with van der Waals surface area (Å²) in [7, 11) is 0. The summed E-state index contributed by atoms with van der Waals surface area (Å²) in [6.07, 6.45) is -1.66. The maximum atomic E-state index is 11.8. The largest absolute Gasteiger partial charge is 0.392 e. The average molecular weight is 268 g/mol. The van der Waals surface area contributed by atoms with Crippen LogP contribution in [0.5, 0.6) is 0 Å². The number of hydrogen-bond donors (Lipinski definition) is 1. The zero-order valence-electron chi connectivity index (χ0n) is 9.83. The molecule has 0 aliphatic rings. The summed E-state index contributed by atoms with van der Waals surface area (Å²) in [5.74, 6) is -0.186. The summed E-state index contributed by atoms with van der Waals surface area (Å²) in [4.78, 5) is 13.4. The van der Waals surface area contributed by atoms with Gasteiger partial charge in [0.15, 0.2) is 0 Å². The van der Waals surface area contributed by atoms with Crippen molar-refractivity contribution in [1.82, 2.24) is 4.90 Å².